The lowest BCUT2D eigenvalue weighted by atomic mass is 9.86. The van der Waals surface area contributed by atoms with Gasteiger partial charge in [0.1, 0.15) is 0 Å². The third kappa shape index (κ3) is 3.64. The smallest absolute Gasteiger partial charge is 0.0706 e. The number of likely N-dealkylation sites (tertiary alicyclic amines) is 1. The zero-order valence-electron chi connectivity index (χ0n) is 14.0. The van der Waals surface area contributed by atoms with Crippen LogP contribution in [0.1, 0.15) is 37.1 Å². The molecule has 0 saturated carbocycles. The molecule has 23 heavy (non-hydrogen) atoms. The van der Waals surface area contributed by atoms with E-state index in [0.717, 1.165) is 42.6 Å². The Bertz CT molecular complexity index is 540. The Labute approximate surface area is 138 Å². The van der Waals surface area contributed by atoms with Gasteiger partial charge in [-0.3, -0.25) is 0 Å². The number of nitrogens with zero attached hydrogens (tertiary/aromatic N) is 3. The van der Waals surface area contributed by atoms with Crippen LogP contribution in [-0.2, 0) is 11.2 Å². The maximum absolute atomic E-state index is 6.29. The molecule has 3 aliphatic rings. The Kier molecular flexibility index (Phi) is 4.45. The largest absolute Gasteiger partial charge is 0.373 e. The molecule has 1 aliphatic carbocycles. The first-order valence-corrected chi connectivity index (χ1v) is 9.08. The van der Waals surface area contributed by atoms with Crippen molar-refractivity contribution in [1.82, 2.24) is 15.1 Å². The summed E-state index contributed by atoms with van der Waals surface area (Å²) in [5.74, 6) is 1.78. The number of ether oxygens (including phenoxy) is 1. The van der Waals surface area contributed by atoms with Gasteiger partial charge in [0.05, 0.1) is 23.6 Å². The summed E-state index contributed by atoms with van der Waals surface area (Å²) >= 11 is 0. The van der Waals surface area contributed by atoms with Crippen LogP contribution in [0.25, 0.3) is 0 Å². The highest BCUT2D eigenvalue weighted by Gasteiger charge is 2.35. The first kappa shape index (κ1) is 15.3. The fourth-order valence-corrected chi connectivity index (χ4v) is 4.38. The molecule has 0 amide bonds. The number of rotatable bonds is 4. The van der Waals surface area contributed by atoms with Gasteiger partial charge in [0.2, 0.25) is 0 Å². The molecule has 4 rings (SSSR count). The van der Waals surface area contributed by atoms with Crippen molar-refractivity contribution in [3.63, 3.8) is 0 Å². The van der Waals surface area contributed by atoms with Crippen LogP contribution in [0.2, 0.25) is 0 Å². The molecule has 0 radical (unpaired) electrons. The molecule has 4 nitrogen and oxygen atoms in total. The third-order valence-corrected chi connectivity index (χ3v) is 5.64. The van der Waals surface area contributed by atoms with Crippen LogP contribution in [0.15, 0.2) is 24.3 Å². The fourth-order valence-electron chi connectivity index (χ4n) is 4.38. The molecule has 0 bridgehead atoms. The summed E-state index contributed by atoms with van der Waals surface area (Å²) < 4.78 is 6.29. The molecule has 0 unspecified atom stereocenters. The van der Waals surface area contributed by atoms with E-state index in [1.807, 2.05) is 13.0 Å². The Hall–Kier alpha value is -1.26. The molecule has 1 aromatic heterocycles. The van der Waals surface area contributed by atoms with Gasteiger partial charge in [-0.25, -0.2) is 0 Å². The van der Waals surface area contributed by atoms with Crippen molar-refractivity contribution in [1.29, 1.82) is 0 Å². The molecular formula is C19H27N3O. The number of aryl methyl sites for hydroxylation is 1. The van der Waals surface area contributed by atoms with Gasteiger partial charge in [-0.15, -0.1) is 0 Å². The number of hydrogen-bond acceptors (Lipinski definition) is 4. The highest BCUT2D eigenvalue weighted by molar-refractivity contribution is 5.07. The minimum atomic E-state index is 0.323. The Morgan fingerprint density at radius 2 is 1.78 bits per heavy atom. The van der Waals surface area contributed by atoms with Crippen LogP contribution >= 0.6 is 0 Å². The van der Waals surface area contributed by atoms with Crippen LogP contribution in [0.3, 0.4) is 0 Å². The minimum Gasteiger partial charge on any atom is -0.373 e. The van der Waals surface area contributed by atoms with E-state index in [1.165, 1.54) is 32.4 Å². The predicted molar refractivity (Wildman–Crippen MR) is 90.2 cm³/mol. The molecule has 0 aromatic carbocycles. The maximum atomic E-state index is 6.29. The van der Waals surface area contributed by atoms with Gasteiger partial charge in [-0.1, -0.05) is 12.2 Å². The summed E-state index contributed by atoms with van der Waals surface area (Å²) in [5.41, 5.74) is 2.03. The molecule has 124 valence electrons. The van der Waals surface area contributed by atoms with Crippen molar-refractivity contribution in [3.8, 4) is 0 Å². The van der Waals surface area contributed by atoms with Crippen LogP contribution in [0.4, 0.5) is 0 Å². The van der Waals surface area contributed by atoms with Gasteiger partial charge >= 0.3 is 0 Å². The van der Waals surface area contributed by atoms with Crippen molar-refractivity contribution in [3.05, 3.63) is 35.7 Å². The zero-order chi connectivity index (χ0) is 15.6. The molecule has 4 atom stereocenters. The Morgan fingerprint density at radius 1 is 1.04 bits per heavy atom. The number of allylic oxidation sites excluding steroid dienone is 2. The third-order valence-electron chi connectivity index (χ3n) is 5.64. The fraction of sp³-hybridized carbons (Fsp3) is 0.684. The summed E-state index contributed by atoms with van der Waals surface area (Å²) in [6.45, 7) is 5.62. The summed E-state index contributed by atoms with van der Waals surface area (Å²) in [7, 11) is 0. The standard InChI is InChI=1S/C19H27N3O/c1-14-6-7-17(21-20-14)10-18-8-9-19(23-18)13-22-11-15-4-2-3-5-16(15)12-22/h2-3,6-7,15-16,18-19H,4-5,8-13H2,1H3/t15-,16+,18-,19+/m0/s1. The lowest BCUT2D eigenvalue weighted by Gasteiger charge is -2.21. The quantitative estimate of drug-likeness (QED) is 0.801. The van der Waals surface area contributed by atoms with Crippen LogP contribution in [-0.4, -0.2) is 46.9 Å². The van der Waals surface area contributed by atoms with Crippen molar-refractivity contribution < 1.29 is 4.74 Å². The van der Waals surface area contributed by atoms with E-state index in [0.29, 0.717) is 12.2 Å². The number of aromatic nitrogens is 2. The second-order valence-electron chi connectivity index (χ2n) is 7.51. The lowest BCUT2D eigenvalue weighted by molar-refractivity contribution is 0.0261. The maximum Gasteiger partial charge on any atom is 0.0706 e. The summed E-state index contributed by atoms with van der Waals surface area (Å²) in [6, 6.07) is 4.12. The molecular weight excluding hydrogens is 286 g/mol. The van der Waals surface area contributed by atoms with E-state index in [9.17, 15) is 0 Å². The van der Waals surface area contributed by atoms with Crippen LogP contribution in [0.5, 0.6) is 0 Å². The Morgan fingerprint density at radius 3 is 2.48 bits per heavy atom. The van der Waals surface area contributed by atoms with Crippen molar-refractivity contribution in [2.75, 3.05) is 19.6 Å². The lowest BCUT2D eigenvalue weighted by Crippen LogP contribution is -2.31. The van der Waals surface area contributed by atoms with Gasteiger partial charge in [0.15, 0.2) is 0 Å². The van der Waals surface area contributed by atoms with Gasteiger partial charge in [-0.05, 0) is 56.6 Å². The molecule has 3 heterocycles. The topological polar surface area (TPSA) is 38.2 Å². The average molecular weight is 313 g/mol. The molecule has 2 saturated heterocycles. The van der Waals surface area contributed by atoms with Crippen LogP contribution in [0, 0.1) is 18.8 Å². The normalized spacial score (nSPS) is 34.0. The first-order valence-electron chi connectivity index (χ1n) is 9.08. The SMILES string of the molecule is Cc1ccc(C[C@@H]2CC[C@H](CN3C[C@H]4CC=CC[C@H]4C3)O2)nn1. The van der Waals surface area contributed by atoms with Crippen molar-refractivity contribution in [2.24, 2.45) is 11.8 Å². The van der Waals surface area contributed by atoms with Crippen molar-refractivity contribution in [2.45, 2.75) is 51.2 Å². The van der Waals surface area contributed by atoms with Gasteiger partial charge < -0.3 is 9.64 Å². The summed E-state index contributed by atoms with van der Waals surface area (Å²) in [4.78, 5) is 2.64. The predicted octanol–water partition coefficient (Wildman–Crippen LogP) is 2.77. The monoisotopic (exact) mass is 313 g/mol. The number of hydrogen-bond donors (Lipinski definition) is 0. The molecule has 0 N–H and O–H groups in total. The van der Waals surface area contributed by atoms with E-state index in [1.54, 1.807) is 0 Å². The molecule has 2 fully saturated rings. The van der Waals surface area contributed by atoms with E-state index in [2.05, 4.69) is 33.3 Å². The van der Waals surface area contributed by atoms with E-state index < -0.39 is 0 Å². The summed E-state index contributed by atoms with van der Waals surface area (Å²) in [5, 5.41) is 8.42. The van der Waals surface area contributed by atoms with Gasteiger partial charge in [-0.2, -0.15) is 10.2 Å². The van der Waals surface area contributed by atoms with Gasteiger partial charge in [0.25, 0.3) is 0 Å². The van der Waals surface area contributed by atoms with Crippen LogP contribution < -0.4 is 0 Å². The second-order valence-corrected chi connectivity index (χ2v) is 7.51. The molecule has 0 spiro atoms. The van der Waals surface area contributed by atoms with Crippen molar-refractivity contribution >= 4 is 0 Å². The Balaban J connectivity index is 1.25. The highest BCUT2D eigenvalue weighted by Crippen LogP contribution is 2.33. The molecule has 1 aromatic rings. The van der Waals surface area contributed by atoms with E-state index in [4.69, 9.17) is 4.74 Å². The molecule has 2 aliphatic heterocycles. The average Bonchev–Trinajstić information content (AvgIpc) is 3.16. The summed E-state index contributed by atoms with van der Waals surface area (Å²) in [6.07, 6.45) is 11.3. The minimum absolute atomic E-state index is 0.323. The number of fused-ring (bicyclic) bond motifs is 1. The highest BCUT2D eigenvalue weighted by atomic mass is 16.5. The first-order chi connectivity index (χ1) is 11.3. The van der Waals surface area contributed by atoms with E-state index >= 15 is 0 Å². The second kappa shape index (κ2) is 6.70. The van der Waals surface area contributed by atoms with E-state index in [-0.39, 0.29) is 0 Å². The zero-order valence-corrected chi connectivity index (χ0v) is 14.0. The van der Waals surface area contributed by atoms with Gasteiger partial charge in [0, 0.05) is 26.1 Å². The molecule has 4 heteroatoms.